The van der Waals surface area contributed by atoms with Gasteiger partial charge in [0.1, 0.15) is 17.2 Å². The Morgan fingerprint density at radius 1 is 0.306 bits per heavy atom. The molecule has 3 nitrogen and oxygen atoms in total. The van der Waals surface area contributed by atoms with Crippen LogP contribution in [0.3, 0.4) is 0 Å². The summed E-state index contributed by atoms with van der Waals surface area (Å²) < 4.78 is 20.6. The highest BCUT2D eigenvalue weighted by atomic mass is 16.7. The third-order valence-corrected chi connectivity index (χ3v) is 9.84. The molecule has 0 atom stereocenters. The first-order chi connectivity index (χ1) is 23.6. The monoisotopic (exact) mass is 644 g/mol. The van der Waals surface area contributed by atoms with Gasteiger partial charge in [0.15, 0.2) is 0 Å². The summed E-state index contributed by atoms with van der Waals surface area (Å²) >= 11 is 0. The molecule has 0 radical (unpaired) electrons. The summed E-state index contributed by atoms with van der Waals surface area (Å²) in [5, 5.41) is 0. The normalized spacial score (nSPS) is 11.9. The Labute approximate surface area is 292 Å². The van der Waals surface area contributed by atoms with E-state index >= 15 is 0 Å². The van der Waals surface area contributed by atoms with Gasteiger partial charge in [-0.1, -0.05) is 187 Å². The van der Waals surface area contributed by atoms with E-state index in [0.29, 0.717) is 17.2 Å². The number of benzene rings is 6. The molecule has 49 heavy (non-hydrogen) atoms. The molecule has 0 N–H and O–H groups in total. The molecule has 0 fully saturated rings. The molecule has 6 aromatic rings. The van der Waals surface area contributed by atoms with E-state index in [4.69, 9.17) is 14.0 Å². The van der Waals surface area contributed by atoms with Crippen LogP contribution >= 0.6 is 0 Å². The van der Waals surface area contributed by atoms with Gasteiger partial charge < -0.3 is 14.0 Å². The molecular weight excluding hydrogens is 599 g/mol. The molecule has 0 heterocycles. The molecule has 6 aromatic carbocycles. The van der Waals surface area contributed by atoms with E-state index in [1.54, 1.807) is 0 Å². The van der Waals surface area contributed by atoms with Gasteiger partial charge in [0.2, 0.25) is 0 Å². The van der Waals surface area contributed by atoms with Crippen molar-refractivity contribution < 1.29 is 14.0 Å². The van der Waals surface area contributed by atoms with Gasteiger partial charge in [0.25, 0.3) is 0 Å². The van der Waals surface area contributed by atoms with E-state index < -0.39 is 7.32 Å². The highest BCUT2D eigenvalue weighted by Crippen LogP contribution is 2.41. The van der Waals surface area contributed by atoms with Crippen molar-refractivity contribution in [1.82, 2.24) is 0 Å². The van der Waals surface area contributed by atoms with Crippen LogP contribution in [0.25, 0.3) is 0 Å². The van der Waals surface area contributed by atoms with Gasteiger partial charge in [-0.05, 0) is 34.9 Å². The van der Waals surface area contributed by atoms with Gasteiger partial charge in [0, 0.05) is 32.9 Å². The molecule has 0 aromatic heterocycles. The summed E-state index contributed by atoms with van der Waals surface area (Å²) in [5.41, 5.74) is 5.64. The Morgan fingerprint density at radius 2 is 0.531 bits per heavy atom. The first-order valence-corrected chi connectivity index (χ1v) is 17.0. The van der Waals surface area contributed by atoms with Crippen molar-refractivity contribution in [2.75, 3.05) is 0 Å². The van der Waals surface area contributed by atoms with Crippen LogP contribution in [0.4, 0.5) is 0 Å². The van der Waals surface area contributed by atoms with Gasteiger partial charge in [-0.3, -0.25) is 0 Å². The fourth-order valence-electron chi connectivity index (χ4n) is 6.67. The molecular formula is C45H45BO3. The van der Waals surface area contributed by atoms with Crippen molar-refractivity contribution in [3.63, 3.8) is 0 Å². The second-order valence-electron chi connectivity index (χ2n) is 14.1. The first-order valence-electron chi connectivity index (χ1n) is 17.0. The standard InChI is InChI=1S/C45H45BO3/c1-43(2,34-22-10-7-11-23-34)37-28-16-19-31-40(37)47-46(48-41-32-20-17-29-38(41)44(3,4)35-24-12-8-13-25-35)49-42-33-21-18-30-39(42)45(5,6)36-26-14-9-15-27-36/h7-33H,1-6H3. The van der Waals surface area contributed by atoms with Crippen molar-refractivity contribution in [1.29, 1.82) is 0 Å². The van der Waals surface area contributed by atoms with Crippen LogP contribution in [-0.2, 0) is 16.2 Å². The molecule has 0 unspecified atom stereocenters. The van der Waals surface area contributed by atoms with Crippen molar-refractivity contribution >= 4 is 7.32 Å². The summed E-state index contributed by atoms with van der Waals surface area (Å²) in [6, 6.07) is 56.1. The lowest BCUT2D eigenvalue weighted by atomic mass is 9.77. The number of hydrogen-bond donors (Lipinski definition) is 0. The Morgan fingerprint density at radius 3 is 0.796 bits per heavy atom. The zero-order valence-corrected chi connectivity index (χ0v) is 29.4. The molecule has 0 aliphatic carbocycles. The summed E-state index contributed by atoms with van der Waals surface area (Å²) in [4.78, 5) is 0. The van der Waals surface area contributed by atoms with Crippen molar-refractivity contribution in [2.24, 2.45) is 0 Å². The predicted octanol–water partition coefficient (Wildman–Crippen LogP) is 11.2. The molecule has 0 amide bonds. The molecule has 0 aliphatic heterocycles. The summed E-state index contributed by atoms with van der Waals surface area (Å²) in [7, 11) is -1.10. The smallest absolute Gasteiger partial charge is 0.489 e. The SMILES string of the molecule is CC(C)(c1ccccc1)c1ccccc1OB(Oc1ccccc1C(C)(C)c1ccccc1)Oc1ccccc1C(C)(C)c1ccccc1. The lowest BCUT2D eigenvalue weighted by molar-refractivity contribution is 0.298. The molecule has 0 spiro atoms. The van der Waals surface area contributed by atoms with Gasteiger partial charge >= 0.3 is 7.32 Å². The highest BCUT2D eigenvalue weighted by Gasteiger charge is 2.38. The molecule has 4 heteroatoms. The maximum Gasteiger partial charge on any atom is 0.864 e. The van der Waals surface area contributed by atoms with Crippen LogP contribution in [0.5, 0.6) is 17.2 Å². The average Bonchev–Trinajstić information content (AvgIpc) is 3.13. The number of rotatable bonds is 12. The minimum Gasteiger partial charge on any atom is -0.489 e. The molecule has 0 saturated carbocycles. The number of hydrogen-bond acceptors (Lipinski definition) is 3. The highest BCUT2D eigenvalue weighted by molar-refractivity contribution is 6.39. The summed E-state index contributed by atoms with van der Waals surface area (Å²) in [5.74, 6) is 2.09. The zero-order valence-electron chi connectivity index (χ0n) is 29.4. The Balaban J connectivity index is 1.43. The van der Waals surface area contributed by atoms with Gasteiger partial charge in [-0.2, -0.15) is 0 Å². The van der Waals surface area contributed by atoms with E-state index in [1.807, 2.05) is 54.6 Å². The Kier molecular flexibility index (Phi) is 9.69. The van der Waals surface area contributed by atoms with Crippen LogP contribution in [0.1, 0.15) is 74.9 Å². The lowest BCUT2D eigenvalue weighted by Crippen LogP contribution is -2.39. The number of para-hydroxylation sites is 3. The third-order valence-electron chi connectivity index (χ3n) is 9.84. The molecule has 0 aliphatic rings. The molecule has 0 bridgehead atoms. The van der Waals surface area contributed by atoms with Crippen molar-refractivity contribution in [3.8, 4) is 17.2 Å². The minimum absolute atomic E-state index is 0.344. The van der Waals surface area contributed by atoms with Gasteiger partial charge in [-0.15, -0.1) is 0 Å². The molecule has 0 saturated heterocycles. The second kappa shape index (κ2) is 14.1. The van der Waals surface area contributed by atoms with Crippen LogP contribution in [0.2, 0.25) is 0 Å². The fourth-order valence-corrected chi connectivity index (χ4v) is 6.67. The van der Waals surface area contributed by atoms with E-state index in [0.717, 1.165) is 16.7 Å². The molecule has 6 rings (SSSR count). The third kappa shape index (κ3) is 7.15. The van der Waals surface area contributed by atoms with E-state index in [9.17, 15) is 0 Å². The second-order valence-corrected chi connectivity index (χ2v) is 14.1. The fraction of sp³-hybridized carbons (Fsp3) is 0.200. The maximum atomic E-state index is 6.86. The van der Waals surface area contributed by atoms with Crippen LogP contribution in [0, 0.1) is 0 Å². The van der Waals surface area contributed by atoms with Crippen molar-refractivity contribution in [3.05, 3.63) is 197 Å². The first kappa shape index (κ1) is 33.7. The quantitative estimate of drug-likeness (QED) is 0.124. The molecule has 246 valence electrons. The van der Waals surface area contributed by atoms with Crippen LogP contribution in [0.15, 0.2) is 164 Å². The summed E-state index contributed by atoms with van der Waals surface area (Å²) in [6.07, 6.45) is 0. The Bertz CT molecular complexity index is 1740. The van der Waals surface area contributed by atoms with Crippen LogP contribution in [-0.4, -0.2) is 7.32 Å². The van der Waals surface area contributed by atoms with Gasteiger partial charge in [-0.25, -0.2) is 0 Å². The summed E-state index contributed by atoms with van der Waals surface area (Å²) in [6.45, 7) is 13.3. The largest absolute Gasteiger partial charge is 0.864 e. The lowest BCUT2D eigenvalue weighted by Gasteiger charge is -2.31. The average molecular weight is 645 g/mol. The predicted molar refractivity (Wildman–Crippen MR) is 203 cm³/mol. The zero-order chi connectivity index (χ0) is 34.5. The van der Waals surface area contributed by atoms with E-state index in [2.05, 4.69) is 151 Å². The Hall–Kier alpha value is -5.22. The van der Waals surface area contributed by atoms with E-state index in [-0.39, 0.29) is 16.2 Å². The maximum absolute atomic E-state index is 6.86. The minimum atomic E-state index is -1.10. The van der Waals surface area contributed by atoms with Crippen molar-refractivity contribution in [2.45, 2.75) is 57.8 Å². The van der Waals surface area contributed by atoms with E-state index in [1.165, 1.54) is 16.7 Å². The van der Waals surface area contributed by atoms with Crippen LogP contribution < -0.4 is 14.0 Å². The topological polar surface area (TPSA) is 27.7 Å². The van der Waals surface area contributed by atoms with Gasteiger partial charge in [0.05, 0.1) is 0 Å².